The second-order valence-electron chi connectivity index (χ2n) is 0.154. The zero-order chi connectivity index (χ0) is 2.71. The predicted molar refractivity (Wildman–Crippen MR) is 26.4 cm³/mol. The van der Waals surface area contributed by atoms with E-state index in [4.69, 9.17) is 11.6 Å². The zero-order valence-corrected chi connectivity index (χ0v) is 4.54. The van der Waals surface area contributed by atoms with E-state index >= 15 is 0 Å². The van der Waals surface area contributed by atoms with Crippen LogP contribution in [-0.4, -0.2) is 0 Å². The van der Waals surface area contributed by atoms with Gasteiger partial charge in [0.25, 0.3) is 0 Å². The van der Waals surface area contributed by atoms with Crippen molar-refractivity contribution >= 4 is 28.6 Å². The second-order valence-corrected chi connectivity index (χ2v) is 0.463. The fraction of sp³-hybridized carbons (Fsp3) is 0. The summed E-state index contributed by atoms with van der Waals surface area (Å²) in [5.41, 5.74) is 1.22. The van der Waals surface area contributed by atoms with E-state index in [-0.39, 0.29) is 17.0 Å². The van der Waals surface area contributed by atoms with E-state index in [2.05, 4.69) is 6.58 Å². The van der Waals surface area contributed by atoms with Crippen LogP contribution in [0, 0.1) is 0 Å². The molecular weight excluding hydrogens is 139 g/mol. The molecule has 0 aromatic heterocycles. The Bertz CT molecular complexity index is 13.5. The average Bonchev–Trinajstić information content (AvgIpc) is 0.918. The maximum absolute atomic E-state index is 4.76. The van der Waals surface area contributed by atoms with Crippen LogP contribution in [0.15, 0.2) is 12.1 Å². The van der Waals surface area contributed by atoms with Crippen molar-refractivity contribution < 1.29 is 0 Å². The number of rotatable bonds is 0. The first-order valence-corrected chi connectivity index (χ1v) is 1.06. The molecule has 0 saturated heterocycles. The van der Waals surface area contributed by atoms with Crippen molar-refractivity contribution in [3.63, 3.8) is 0 Å². The van der Waals surface area contributed by atoms with Gasteiger partial charge in [-0.15, -0.1) is 17.0 Å². The molecule has 0 N–H and O–H groups in total. The molecule has 0 aromatic carbocycles. The Kier molecular flexibility index (Phi) is 21.4. The van der Waals surface area contributed by atoms with Gasteiger partial charge < -0.3 is 0 Å². The fourth-order valence-electron chi connectivity index (χ4n) is 0. The van der Waals surface area contributed by atoms with E-state index in [9.17, 15) is 0 Å². The molecule has 0 heterocycles. The number of hydrogen-bond acceptors (Lipinski definition) is 0. The van der Waals surface area contributed by atoms with Gasteiger partial charge in [0.15, 0.2) is 0 Å². The molecule has 0 radical (unpaired) electrons. The third-order valence-electron chi connectivity index (χ3n) is 0. The molecule has 0 nitrogen and oxygen atoms in total. The summed E-state index contributed by atoms with van der Waals surface area (Å²) in [6.07, 6.45) is 0. The lowest BCUT2D eigenvalue weighted by Gasteiger charge is -1.27. The summed E-state index contributed by atoms with van der Waals surface area (Å²) in [6, 6.07) is 0. The van der Waals surface area contributed by atoms with Crippen LogP contribution in [0.2, 0.25) is 0 Å². The fourth-order valence-corrected chi connectivity index (χ4v) is 0. The molecule has 0 aromatic rings. The minimum absolute atomic E-state index is 0. The van der Waals surface area contributed by atoms with Crippen molar-refractivity contribution in [3.05, 3.63) is 12.1 Å². The Balaban J connectivity index is 0. The molecule has 0 aliphatic carbocycles. The molecule has 0 rings (SSSR count). The highest BCUT2D eigenvalue weighted by Gasteiger charge is 1.18. The molecule has 2 heteroatoms. The molecule has 0 bridgehead atoms. The molecule has 0 aliphatic heterocycles. The van der Waals surface area contributed by atoms with Crippen molar-refractivity contribution in [2.45, 2.75) is 0 Å². The molecule has 0 unspecified atom stereocenters. The molecule has 0 saturated carbocycles. The van der Waals surface area contributed by atoms with Crippen LogP contribution in [0.25, 0.3) is 0 Å². The SMILES string of the molecule is Br.C=CCl. The summed E-state index contributed by atoms with van der Waals surface area (Å²) < 4.78 is 0. The third-order valence-corrected chi connectivity index (χ3v) is 0. The minimum Gasteiger partial charge on any atom is -0.114 e. The zero-order valence-electron chi connectivity index (χ0n) is 2.07. The standard InChI is InChI=1S/C2H3Cl.BrH/c1-2-3;/h2H,1H2;1H. The van der Waals surface area contributed by atoms with Crippen LogP contribution < -0.4 is 0 Å². The summed E-state index contributed by atoms with van der Waals surface area (Å²) in [6.45, 7) is 3.13. The quantitative estimate of drug-likeness (QED) is 0.486. The van der Waals surface area contributed by atoms with Crippen molar-refractivity contribution in [2.75, 3.05) is 0 Å². The Hall–Kier alpha value is 0.510. The van der Waals surface area contributed by atoms with Gasteiger partial charge >= 0.3 is 0 Å². The third kappa shape index (κ3) is 22.0. The highest BCUT2D eigenvalue weighted by molar-refractivity contribution is 8.93. The highest BCUT2D eigenvalue weighted by Crippen LogP contribution is 1.60. The summed E-state index contributed by atoms with van der Waals surface area (Å²) in [5, 5.41) is 0. The van der Waals surface area contributed by atoms with Crippen LogP contribution in [-0.2, 0) is 0 Å². The average molecular weight is 143 g/mol. The Morgan fingerprint density at radius 1 is 1.75 bits per heavy atom. The van der Waals surface area contributed by atoms with E-state index in [0.29, 0.717) is 0 Å². The summed E-state index contributed by atoms with van der Waals surface area (Å²) in [4.78, 5) is 0. The van der Waals surface area contributed by atoms with Gasteiger partial charge in [-0.1, -0.05) is 18.2 Å². The van der Waals surface area contributed by atoms with Gasteiger partial charge in [-0.3, -0.25) is 0 Å². The normalized spacial score (nSPS) is 3.25. The Morgan fingerprint density at radius 3 is 1.75 bits per heavy atom. The Labute approximate surface area is 41.2 Å². The van der Waals surface area contributed by atoms with Crippen molar-refractivity contribution in [2.24, 2.45) is 0 Å². The van der Waals surface area contributed by atoms with Gasteiger partial charge in [-0.25, -0.2) is 0 Å². The molecule has 0 amide bonds. The maximum atomic E-state index is 4.76. The summed E-state index contributed by atoms with van der Waals surface area (Å²) in [7, 11) is 0. The predicted octanol–water partition coefficient (Wildman–Crippen LogP) is 1.95. The second kappa shape index (κ2) is 9.70. The van der Waals surface area contributed by atoms with Crippen LogP contribution in [0.4, 0.5) is 0 Å². The molecular formula is C2H4BrCl. The highest BCUT2D eigenvalue weighted by atomic mass is 79.9. The van der Waals surface area contributed by atoms with Crippen LogP contribution in [0.5, 0.6) is 0 Å². The smallest absolute Gasteiger partial charge is 0.00296 e. The van der Waals surface area contributed by atoms with Crippen LogP contribution in [0.1, 0.15) is 0 Å². The molecule has 26 valence electrons. The molecule has 0 aliphatic rings. The molecule has 4 heavy (non-hydrogen) atoms. The monoisotopic (exact) mass is 142 g/mol. The van der Waals surface area contributed by atoms with Gasteiger partial charge in [-0.2, -0.15) is 0 Å². The van der Waals surface area contributed by atoms with Gasteiger partial charge in [0.1, 0.15) is 0 Å². The molecule has 0 fully saturated rings. The van der Waals surface area contributed by atoms with Crippen molar-refractivity contribution in [3.8, 4) is 0 Å². The van der Waals surface area contributed by atoms with Gasteiger partial charge in [0.05, 0.1) is 0 Å². The van der Waals surface area contributed by atoms with Gasteiger partial charge in [0.2, 0.25) is 0 Å². The van der Waals surface area contributed by atoms with E-state index in [0.717, 1.165) is 0 Å². The largest absolute Gasteiger partial charge is 0.114 e. The Morgan fingerprint density at radius 2 is 1.75 bits per heavy atom. The van der Waals surface area contributed by atoms with E-state index < -0.39 is 0 Å². The number of halogens is 2. The lowest BCUT2D eigenvalue weighted by molar-refractivity contribution is 2.63. The van der Waals surface area contributed by atoms with Crippen molar-refractivity contribution in [1.29, 1.82) is 0 Å². The number of hydrogen-bond donors (Lipinski definition) is 0. The maximum Gasteiger partial charge on any atom is -0.00296 e. The van der Waals surface area contributed by atoms with Gasteiger partial charge in [0, 0.05) is 0 Å². The summed E-state index contributed by atoms with van der Waals surface area (Å²) in [5.74, 6) is 0. The topological polar surface area (TPSA) is 0 Å². The molecule has 0 spiro atoms. The van der Waals surface area contributed by atoms with Gasteiger partial charge in [-0.05, 0) is 5.54 Å². The first kappa shape index (κ1) is 8.82. The van der Waals surface area contributed by atoms with E-state index in [1.165, 1.54) is 5.54 Å². The lowest BCUT2D eigenvalue weighted by Crippen LogP contribution is -0.926. The van der Waals surface area contributed by atoms with E-state index in [1.54, 1.807) is 0 Å². The van der Waals surface area contributed by atoms with E-state index in [1.807, 2.05) is 0 Å². The summed E-state index contributed by atoms with van der Waals surface area (Å²) >= 11 is 4.76. The first-order valence-electron chi connectivity index (χ1n) is 0.626. The van der Waals surface area contributed by atoms with Crippen LogP contribution >= 0.6 is 28.6 Å². The van der Waals surface area contributed by atoms with Crippen LogP contribution in [0.3, 0.4) is 0 Å². The lowest BCUT2D eigenvalue weighted by atomic mass is 11.3. The molecule has 0 atom stereocenters. The minimum atomic E-state index is 0. The van der Waals surface area contributed by atoms with Crippen molar-refractivity contribution in [1.82, 2.24) is 0 Å². The first-order chi connectivity index (χ1) is 1.41.